The molecule has 3 aromatic rings. The van der Waals surface area contributed by atoms with Crippen LogP contribution in [0.15, 0.2) is 46.6 Å². The molecule has 1 heterocycles. The number of H-pyrrole nitrogens is 1. The number of aryl methyl sites for hydroxylation is 2. The molecule has 0 aliphatic heterocycles. The molecular weight excluding hydrogens is 318 g/mol. The first-order valence-electron chi connectivity index (χ1n) is 7.91. The highest BCUT2D eigenvalue weighted by atomic mass is 16.5. The van der Waals surface area contributed by atoms with Gasteiger partial charge in [0.2, 0.25) is 5.88 Å². The molecule has 2 aromatic carbocycles. The van der Waals surface area contributed by atoms with Crippen molar-refractivity contribution in [2.75, 3.05) is 6.61 Å². The van der Waals surface area contributed by atoms with Gasteiger partial charge in [-0.2, -0.15) is 0 Å². The van der Waals surface area contributed by atoms with Gasteiger partial charge in [0.05, 0.1) is 5.52 Å². The lowest BCUT2D eigenvalue weighted by molar-refractivity contribution is -0.120. The Bertz CT molecular complexity index is 973. The Balaban J connectivity index is 1.74. The van der Waals surface area contributed by atoms with Crippen molar-refractivity contribution in [1.82, 2.24) is 4.98 Å². The predicted molar refractivity (Wildman–Crippen MR) is 95.6 cm³/mol. The molecule has 0 aliphatic rings. The standard InChI is InChI=1S/C19H19N3O3/c1-11-8-9-12(2)18(13(11)3)25-10-16(23)21-22-17-14-6-4-5-7-15(14)20-19(17)24/h4-9,20,24H,10H2,1-3H3. The second-order valence-electron chi connectivity index (χ2n) is 5.90. The topological polar surface area (TPSA) is 87.0 Å². The van der Waals surface area contributed by atoms with Gasteiger partial charge in [-0.25, -0.2) is 0 Å². The van der Waals surface area contributed by atoms with Crippen molar-refractivity contribution in [3.63, 3.8) is 0 Å². The lowest BCUT2D eigenvalue weighted by Crippen LogP contribution is -2.10. The van der Waals surface area contributed by atoms with Gasteiger partial charge in [-0.1, -0.05) is 30.3 Å². The Hall–Kier alpha value is -3.15. The van der Waals surface area contributed by atoms with Crippen LogP contribution in [0.4, 0.5) is 5.69 Å². The van der Waals surface area contributed by atoms with Gasteiger partial charge in [-0.15, -0.1) is 10.2 Å². The molecule has 6 nitrogen and oxygen atoms in total. The van der Waals surface area contributed by atoms with Crippen LogP contribution in [-0.4, -0.2) is 22.6 Å². The highest BCUT2D eigenvalue weighted by molar-refractivity contribution is 5.94. The van der Waals surface area contributed by atoms with Crippen molar-refractivity contribution in [1.29, 1.82) is 0 Å². The minimum Gasteiger partial charge on any atom is -0.493 e. The average Bonchev–Trinajstić information content (AvgIpc) is 2.91. The second-order valence-corrected chi connectivity index (χ2v) is 5.90. The van der Waals surface area contributed by atoms with Crippen LogP contribution in [0.3, 0.4) is 0 Å². The van der Waals surface area contributed by atoms with Gasteiger partial charge in [0, 0.05) is 5.39 Å². The van der Waals surface area contributed by atoms with Gasteiger partial charge >= 0.3 is 5.91 Å². The quantitative estimate of drug-likeness (QED) is 0.688. The summed E-state index contributed by atoms with van der Waals surface area (Å²) in [5, 5.41) is 18.1. The molecule has 0 radical (unpaired) electrons. The molecule has 6 heteroatoms. The number of amides is 1. The number of aromatic nitrogens is 1. The summed E-state index contributed by atoms with van der Waals surface area (Å²) in [7, 11) is 0. The Morgan fingerprint density at radius 1 is 1.12 bits per heavy atom. The molecule has 3 rings (SSSR count). The van der Waals surface area contributed by atoms with Gasteiger partial charge in [-0.05, 0) is 43.5 Å². The van der Waals surface area contributed by atoms with Crippen molar-refractivity contribution >= 4 is 22.5 Å². The van der Waals surface area contributed by atoms with E-state index in [0.29, 0.717) is 11.1 Å². The summed E-state index contributed by atoms with van der Waals surface area (Å²) >= 11 is 0. The van der Waals surface area contributed by atoms with Crippen LogP contribution in [0, 0.1) is 20.8 Å². The van der Waals surface area contributed by atoms with Crippen LogP contribution in [0.2, 0.25) is 0 Å². The zero-order valence-electron chi connectivity index (χ0n) is 14.3. The summed E-state index contributed by atoms with van der Waals surface area (Å²) in [6.45, 7) is 5.66. The van der Waals surface area contributed by atoms with Crippen LogP contribution in [-0.2, 0) is 4.79 Å². The number of ether oxygens (including phenoxy) is 1. The first-order chi connectivity index (χ1) is 12.0. The Kier molecular flexibility index (Phi) is 4.52. The van der Waals surface area contributed by atoms with Crippen molar-refractivity contribution in [3.8, 4) is 11.6 Å². The number of nitrogens with one attached hydrogen (secondary N) is 1. The molecule has 0 spiro atoms. The number of carbonyl (C=O) groups excluding carboxylic acids is 1. The van der Waals surface area contributed by atoms with Crippen LogP contribution >= 0.6 is 0 Å². The smallest absolute Gasteiger partial charge is 0.302 e. The summed E-state index contributed by atoms with van der Waals surface area (Å²) in [6, 6.07) is 11.2. The van der Waals surface area contributed by atoms with E-state index in [-0.39, 0.29) is 18.2 Å². The number of rotatable bonds is 4. The van der Waals surface area contributed by atoms with Crippen molar-refractivity contribution in [2.24, 2.45) is 10.2 Å². The minimum atomic E-state index is -0.523. The number of hydrogen-bond acceptors (Lipinski definition) is 4. The monoisotopic (exact) mass is 337 g/mol. The fourth-order valence-electron chi connectivity index (χ4n) is 2.63. The van der Waals surface area contributed by atoms with Gasteiger partial charge in [0.25, 0.3) is 0 Å². The SMILES string of the molecule is Cc1ccc(C)c(OCC(=O)N=Nc2c(O)[nH]c3ccccc23)c1C. The van der Waals surface area contributed by atoms with E-state index in [1.807, 2.05) is 51.1 Å². The van der Waals surface area contributed by atoms with Crippen molar-refractivity contribution in [2.45, 2.75) is 20.8 Å². The van der Waals surface area contributed by atoms with Crippen LogP contribution in [0.25, 0.3) is 10.9 Å². The van der Waals surface area contributed by atoms with E-state index in [4.69, 9.17) is 4.74 Å². The lowest BCUT2D eigenvalue weighted by atomic mass is 10.1. The van der Waals surface area contributed by atoms with E-state index in [2.05, 4.69) is 15.2 Å². The number of nitrogens with zero attached hydrogens (tertiary/aromatic N) is 2. The van der Waals surface area contributed by atoms with Crippen LogP contribution in [0.1, 0.15) is 16.7 Å². The van der Waals surface area contributed by atoms with Gasteiger partial charge in [-0.3, -0.25) is 4.79 Å². The predicted octanol–water partition coefficient (Wildman–Crippen LogP) is 4.49. The molecule has 1 amide bonds. The number of carbonyl (C=O) groups is 1. The normalized spacial score (nSPS) is 11.3. The molecule has 0 fully saturated rings. The lowest BCUT2D eigenvalue weighted by Gasteiger charge is -2.12. The third kappa shape index (κ3) is 3.38. The summed E-state index contributed by atoms with van der Waals surface area (Å²) in [6.07, 6.45) is 0. The zero-order chi connectivity index (χ0) is 18.0. The summed E-state index contributed by atoms with van der Waals surface area (Å²) in [4.78, 5) is 14.8. The third-order valence-corrected chi connectivity index (χ3v) is 4.13. The molecule has 0 aliphatic carbocycles. The van der Waals surface area contributed by atoms with E-state index in [0.717, 1.165) is 22.2 Å². The Labute approximate surface area is 145 Å². The third-order valence-electron chi connectivity index (χ3n) is 4.13. The number of aromatic hydroxyl groups is 1. The Morgan fingerprint density at radius 2 is 1.84 bits per heavy atom. The van der Waals surface area contributed by atoms with E-state index < -0.39 is 5.91 Å². The largest absolute Gasteiger partial charge is 0.493 e. The molecule has 0 bridgehead atoms. The maximum atomic E-state index is 12.0. The number of hydrogen-bond donors (Lipinski definition) is 2. The van der Waals surface area contributed by atoms with Gasteiger partial charge in [0.1, 0.15) is 5.75 Å². The second kappa shape index (κ2) is 6.76. The van der Waals surface area contributed by atoms with E-state index in [9.17, 15) is 9.90 Å². The molecule has 0 saturated carbocycles. The first kappa shape index (κ1) is 16.7. The van der Waals surface area contributed by atoms with Crippen molar-refractivity contribution in [3.05, 3.63) is 53.1 Å². The highest BCUT2D eigenvalue weighted by Crippen LogP contribution is 2.35. The molecule has 2 N–H and O–H groups in total. The van der Waals surface area contributed by atoms with Gasteiger partial charge < -0.3 is 14.8 Å². The van der Waals surface area contributed by atoms with Gasteiger partial charge in [0.15, 0.2) is 12.3 Å². The van der Waals surface area contributed by atoms with E-state index in [1.54, 1.807) is 6.07 Å². The maximum Gasteiger partial charge on any atom is 0.302 e. The van der Waals surface area contributed by atoms with Crippen molar-refractivity contribution < 1.29 is 14.6 Å². The number of azo groups is 1. The fraction of sp³-hybridized carbons (Fsp3) is 0.211. The number of fused-ring (bicyclic) bond motifs is 1. The number of aromatic amines is 1. The summed E-state index contributed by atoms with van der Waals surface area (Å²) in [5.41, 5.74) is 4.02. The number of benzene rings is 2. The molecule has 25 heavy (non-hydrogen) atoms. The molecular formula is C19H19N3O3. The zero-order valence-corrected chi connectivity index (χ0v) is 14.3. The molecule has 128 valence electrons. The Morgan fingerprint density at radius 3 is 2.64 bits per heavy atom. The molecule has 0 saturated heterocycles. The molecule has 0 unspecified atom stereocenters. The maximum absolute atomic E-state index is 12.0. The highest BCUT2D eigenvalue weighted by Gasteiger charge is 2.12. The van der Waals surface area contributed by atoms with Crippen LogP contribution < -0.4 is 4.74 Å². The van der Waals surface area contributed by atoms with Crippen LogP contribution in [0.5, 0.6) is 11.6 Å². The molecule has 0 atom stereocenters. The molecule has 1 aromatic heterocycles. The van der Waals surface area contributed by atoms with E-state index in [1.165, 1.54) is 0 Å². The van der Waals surface area contributed by atoms with E-state index >= 15 is 0 Å². The minimum absolute atomic E-state index is 0.121. The summed E-state index contributed by atoms with van der Waals surface area (Å²) in [5.74, 6) is 0.0486. The fourth-order valence-corrected chi connectivity index (χ4v) is 2.63. The first-order valence-corrected chi connectivity index (χ1v) is 7.91. The average molecular weight is 337 g/mol. The number of para-hydroxylation sites is 1. The summed E-state index contributed by atoms with van der Waals surface area (Å²) < 4.78 is 5.62.